The molecule has 0 aliphatic rings. The van der Waals surface area contributed by atoms with Gasteiger partial charge in [-0.1, -0.05) is 22.0 Å². The molecule has 3 nitrogen and oxygen atoms in total. The van der Waals surface area contributed by atoms with Crippen molar-refractivity contribution in [3.8, 4) is 0 Å². The van der Waals surface area contributed by atoms with Gasteiger partial charge >= 0.3 is 0 Å². The number of nitrogens with zero attached hydrogens (tertiary/aromatic N) is 1. The summed E-state index contributed by atoms with van der Waals surface area (Å²) in [5, 5.41) is 2.62. The van der Waals surface area contributed by atoms with Gasteiger partial charge in [0.05, 0.1) is 0 Å². The minimum atomic E-state index is -0.348. The van der Waals surface area contributed by atoms with E-state index in [1.807, 2.05) is 0 Å². The summed E-state index contributed by atoms with van der Waals surface area (Å²) in [5.74, 6) is -0.672. The molecule has 0 saturated heterocycles. The van der Waals surface area contributed by atoms with Gasteiger partial charge in [0.2, 0.25) is 0 Å². The number of carbonyl (C=O) groups excluding carboxylic acids is 1. The maximum absolute atomic E-state index is 13.4. The van der Waals surface area contributed by atoms with Crippen molar-refractivity contribution in [3.05, 3.63) is 64.1 Å². The van der Waals surface area contributed by atoms with Crippen LogP contribution in [-0.4, -0.2) is 10.9 Å². The summed E-state index contributed by atoms with van der Waals surface area (Å²) >= 11 is 3.26. The van der Waals surface area contributed by atoms with Crippen LogP contribution < -0.4 is 5.32 Å². The number of carbonyl (C=O) groups is 1. The van der Waals surface area contributed by atoms with Crippen LogP contribution in [0.5, 0.6) is 0 Å². The molecule has 1 N–H and O–H groups in total. The Hall–Kier alpha value is -1.75. The van der Waals surface area contributed by atoms with Gasteiger partial charge < -0.3 is 5.32 Å². The zero-order chi connectivity index (χ0) is 13.0. The second kappa shape index (κ2) is 5.73. The average Bonchev–Trinajstić information content (AvgIpc) is 2.40. The highest BCUT2D eigenvalue weighted by atomic mass is 79.9. The van der Waals surface area contributed by atoms with Crippen molar-refractivity contribution in [2.45, 2.75) is 6.54 Å². The topological polar surface area (TPSA) is 42.0 Å². The lowest BCUT2D eigenvalue weighted by atomic mass is 10.2. The van der Waals surface area contributed by atoms with E-state index in [9.17, 15) is 9.18 Å². The summed E-state index contributed by atoms with van der Waals surface area (Å²) in [6.45, 7) is 0.126. The number of pyridine rings is 1. The van der Waals surface area contributed by atoms with E-state index in [0.717, 1.165) is 4.47 Å². The van der Waals surface area contributed by atoms with Crippen LogP contribution in [0.25, 0.3) is 0 Å². The normalized spacial score (nSPS) is 10.1. The standard InChI is InChI=1S/C13H10BrFN2O/c14-10-4-5-11(15)9(7-10)8-17-13(18)12-3-1-2-6-16-12/h1-7H,8H2,(H,17,18). The van der Waals surface area contributed by atoms with E-state index in [1.165, 1.54) is 12.3 Å². The van der Waals surface area contributed by atoms with Gasteiger partial charge in [-0.25, -0.2) is 4.39 Å². The van der Waals surface area contributed by atoms with E-state index in [-0.39, 0.29) is 18.3 Å². The number of benzene rings is 1. The SMILES string of the molecule is O=C(NCc1cc(Br)ccc1F)c1ccccn1. The molecule has 1 aromatic heterocycles. The van der Waals surface area contributed by atoms with Crippen molar-refractivity contribution in [2.24, 2.45) is 0 Å². The number of hydrogen-bond acceptors (Lipinski definition) is 2. The summed E-state index contributed by atoms with van der Waals surface area (Å²) in [7, 11) is 0. The molecule has 0 saturated carbocycles. The van der Waals surface area contributed by atoms with Crippen molar-refractivity contribution < 1.29 is 9.18 Å². The van der Waals surface area contributed by atoms with Crippen molar-refractivity contribution in [2.75, 3.05) is 0 Å². The Morgan fingerprint density at radius 3 is 2.89 bits per heavy atom. The molecule has 1 heterocycles. The molecule has 0 fully saturated rings. The minimum absolute atomic E-state index is 0.126. The highest BCUT2D eigenvalue weighted by Gasteiger charge is 2.08. The molecule has 0 unspecified atom stereocenters. The number of nitrogens with one attached hydrogen (secondary N) is 1. The Morgan fingerprint density at radius 2 is 2.17 bits per heavy atom. The molecule has 18 heavy (non-hydrogen) atoms. The third-order valence-corrected chi connectivity index (χ3v) is 2.84. The number of rotatable bonds is 3. The van der Waals surface area contributed by atoms with Gasteiger partial charge in [-0.3, -0.25) is 9.78 Å². The van der Waals surface area contributed by atoms with Crippen LogP contribution in [0.3, 0.4) is 0 Å². The van der Waals surface area contributed by atoms with E-state index in [1.54, 1.807) is 30.3 Å². The second-order valence-corrected chi connectivity index (χ2v) is 4.55. The largest absolute Gasteiger partial charge is 0.347 e. The number of halogens is 2. The van der Waals surface area contributed by atoms with Gasteiger partial charge in [0.1, 0.15) is 11.5 Å². The monoisotopic (exact) mass is 308 g/mol. The maximum Gasteiger partial charge on any atom is 0.270 e. The first-order valence-electron chi connectivity index (χ1n) is 5.30. The first kappa shape index (κ1) is 12.7. The summed E-state index contributed by atoms with van der Waals surface area (Å²) in [6, 6.07) is 9.65. The zero-order valence-electron chi connectivity index (χ0n) is 9.36. The molecular formula is C13H10BrFN2O. The summed E-state index contributed by atoms with van der Waals surface area (Å²) in [4.78, 5) is 15.6. The molecule has 2 rings (SSSR count). The number of amides is 1. The van der Waals surface area contributed by atoms with E-state index < -0.39 is 0 Å². The lowest BCUT2D eigenvalue weighted by Gasteiger charge is -2.06. The van der Waals surface area contributed by atoms with E-state index in [0.29, 0.717) is 11.3 Å². The molecule has 2 aromatic rings. The third kappa shape index (κ3) is 3.13. The van der Waals surface area contributed by atoms with Crippen molar-refractivity contribution in [3.63, 3.8) is 0 Å². The van der Waals surface area contributed by atoms with Crippen LogP contribution in [0.15, 0.2) is 47.1 Å². The quantitative estimate of drug-likeness (QED) is 0.947. The maximum atomic E-state index is 13.4. The van der Waals surface area contributed by atoms with Crippen LogP contribution in [0, 0.1) is 5.82 Å². The lowest BCUT2D eigenvalue weighted by Crippen LogP contribution is -2.24. The van der Waals surface area contributed by atoms with Crippen molar-refractivity contribution >= 4 is 21.8 Å². The predicted octanol–water partition coefficient (Wildman–Crippen LogP) is 2.91. The van der Waals surface area contributed by atoms with Gasteiger partial charge in [0.15, 0.2) is 0 Å². The van der Waals surface area contributed by atoms with Crippen molar-refractivity contribution in [1.29, 1.82) is 0 Å². The Kier molecular flexibility index (Phi) is 4.04. The smallest absolute Gasteiger partial charge is 0.270 e. The summed E-state index contributed by atoms with van der Waals surface area (Å²) < 4.78 is 14.2. The van der Waals surface area contributed by atoms with E-state index in [4.69, 9.17) is 0 Å². The van der Waals surface area contributed by atoms with Gasteiger partial charge in [-0.2, -0.15) is 0 Å². The minimum Gasteiger partial charge on any atom is -0.347 e. The molecular weight excluding hydrogens is 299 g/mol. The Bertz CT molecular complexity index is 560. The van der Waals surface area contributed by atoms with Gasteiger partial charge in [0.25, 0.3) is 5.91 Å². The first-order chi connectivity index (χ1) is 8.66. The average molecular weight is 309 g/mol. The Morgan fingerprint density at radius 1 is 1.33 bits per heavy atom. The molecule has 0 atom stereocenters. The third-order valence-electron chi connectivity index (χ3n) is 2.34. The molecule has 1 amide bonds. The van der Waals surface area contributed by atoms with Gasteiger partial charge in [0, 0.05) is 22.8 Å². The Labute approximate surface area is 112 Å². The van der Waals surface area contributed by atoms with Gasteiger partial charge in [-0.05, 0) is 30.3 Å². The van der Waals surface area contributed by atoms with Crippen LogP contribution in [0.1, 0.15) is 16.1 Å². The highest BCUT2D eigenvalue weighted by Crippen LogP contribution is 2.15. The van der Waals surface area contributed by atoms with Crippen LogP contribution >= 0.6 is 15.9 Å². The molecule has 0 aliphatic heterocycles. The van der Waals surface area contributed by atoms with Crippen LogP contribution in [-0.2, 0) is 6.54 Å². The molecule has 0 radical (unpaired) electrons. The molecule has 1 aromatic carbocycles. The summed E-state index contributed by atoms with van der Waals surface area (Å²) in [5.41, 5.74) is 0.738. The predicted molar refractivity (Wildman–Crippen MR) is 69.5 cm³/mol. The molecule has 0 spiro atoms. The van der Waals surface area contributed by atoms with E-state index in [2.05, 4.69) is 26.2 Å². The molecule has 5 heteroatoms. The summed E-state index contributed by atoms with van der Waals surface area (Å²) in [6.07, 6.45) is 1.54. The molecule has 0 bridgehead atoms. The lowest BCUT2D eigenvalue weighted by molar-refractivity contribution is 0.0945. The fraction of sp³-hybridized carbons (Fsp3) is 0.0769. The fourth-order valence-corrected chi connectivity index (χ4v) is 1.85. The number of hydrogen-bond donors (Lipinski definition) is 1. The molecule has 0 aliphatic carbocycles. The number of aromatic nitrogens is 1. The fourth-order valence-electron chi connectivity index (χ4n) is 1.44. The van der Waals surface area contributed by atoms with E-state index >= 15 is 0 Å². The molecule has 92 valence electrons. The van der Waals surface area contributed by atoms with Crippen LogP contribution in [0.2, 0.25) is 0 Å². The van der Waals surface area contributed by atoms with Crippen LogP contribution in [0.4, 0.5) is 4.39 Å². The van der Waals surface area contributed by atoms with Crippen molar-refractivity contribution in [1.82, 2.24) is 10.3 Å². The second-order valence-electron chi connectivity index (χ2n) is 3.63. The Balaban J connectivity index is 2.04. The first-order valence-corrected chi connectivity index (χ1v) is 6.09. The van der Waals surface area contributed by atoms with Gasteiger partial charge in [-0.15, -0.1) is 0 Å². The zero-order valence-corrected chi connectivity index (χ0v) is 10.9. The highest BCUT2D eigenvalue weighted by molar-refractivity contribution is 9.10.